The summed E-state index contributed by atoms with van der Waals surface area (Å²) in [7, 11) is 0. The largest absolute Gasteiger partial charge is 0.317 e. The molecule has 0 unspecified atom stereocenters. The van der Waals surface area contributed by atoms with E-state index < -0.39 is 0 Å². The van der Waals surface area contributed by atoms with Crippen LogP contribution in [0.1, 0.15) is 50.7 Å². The van der Waals surface area contributed by atoms with Crippen molar-refractivity contribution in [3.63, 3.8) is 0 Å². The number of aromatic nitrogens is 1. The van der Waals surface area contributed by atoms with Crippen LogP contribution in [0.4, 0.5) is 0 Å². The molecule has 1 heterocycles. The summed E-state index contributed by atoms with van der Waals surface area (Å²) in [5, 5.41) is 1.30. The van der Waals surface area contributed by atoms with Crippen LogP contribution in [0, 0.1) is 0 Å². The molecule has 108 valence electrons. The Hall–Kier alpha value is -2.02. The molecule has 0 saturated heterocycles. The van der Waals surface area contributed by atoms with Gasteiger partial charge in [-0.25, -0.2) is 0 Å². The van der Waals surface area contributed by atoms with Crippen LogP contribution in [0.5, 0.6) is 0 Å². The Morgan fingerprint density at radius 3 is 2.19 bits per heavy atom. The molecule has 3 aromatic rings. The summed E-state index contributed by atoms with van der Waals surface area (Å²) in [6.45, 7) is 8.97. The first kappa shape index (κ1) is 13.9. The van der Waals surface area contributed by atoms with Crippen LogP contribution < -0.4 is 0 Å². The monoisotopic (exact) mass is 277 g/mol. The molecule has 1 nitrogen and oxygen atoms in total. The Bertz CT molecular complexity index is 762. The van der Waals surface area contributed by atoms with Crippen LogP contribution in [0.15, 0.2) is 54.7 Å². The van der Waals surface area contributed by atoms with Gasteiger partial charge in [0, 0.05) is 11.9 Å². The van der Waals surface area contributed by atoms with Gasteiger partial charge in [0.25, 0.3) is 0 Å². The van der Waals surface area contributed by atoms with E-state index in [1.54, 1.807) is 0 Å². The van der Waals surface area contributed by atoms with Gasteiger partial charge >= 0.3 is 0 Å². The Labute approximate surface area is 127 Å². The number of rotatable bonds is 3. The minimum Gasteiger partial charge on any atom is -0.317 e. The van der Waals surface area contributed by atoms with Crippen LogP contribution in [0.2, 0.25) is 0 Å². The van der Waals surface area contributed by atoms with Crippen LogP contribution in [0.3, 0.4) is 0 Å². The van der Waals surface area contributed by atoms with Gasteiger partial charge in [-0.05, 0) is 52.6 Å². The third-order valence-corrected chi connectivity index (χ3v) is 4.20. The van der Waals surface area contributed by atoms with E-state index in [4.69, 9.17) is 0 Å². The summed E-state index contributed by atoms with van der Waals surface area (Å²) in [5.41, 5.74) is 5.32. The molecule has 0 fully saturated rings. The zero-order chi connectivity index (χ0) is 15.0. The summed E-state index contributed by atoms with van der Waals surface area (Å²) in [4.78, 5) is 0. The van der Waals surface area contributed by atoms with E-state index in [0.717, 1.165) is 0 Å². The molecule has 2 aromatic carbocycles. The maximum atomic E-state index is 2.32. The second-order valence-electron chi connectivity index (χ2n) is 6.41. The molecule has 0 spiro atoms. The summed E-state index contributed by atoms with van der Waals surface area (Å²) in [5.74, 6) is 1.11. The predicted octanol–water partition coefficient (Wildman–Crippen LogP) is 5.88. The first-order valence-corrected chi connectivity index (χ1v) is 7.77. The lowest BCUT2D eigenvalue weighted by Crippen LogP contribution is -1.96. The molecule has 0 aliphatic carbocycles. The Balaban J connectivity index is 2.16. The van der Waals surface area contributed by atoms with E-state index in [-0.39, 0.29) is 0 Å². The van der Waals surface area contributed by atoms with E-state index >= 15 is 0 Å². The predicted molar refractivity (Wildman–Crippen MR) is 91.5 cm³/mol. The lowest BCUT2D eigenvalue weighted by molar-refractivity contribution is 0.862. The van der Waals surface area contributed by atoms with E-state index in [0.29, 0.717) is 11.8 Å². The minimum absolute atomic E-state index is 0.554. The van der Waals surface area contributed by atoms with Crippen LogP contribution >= 0.6 is 0 Å². The van der Waals surface area contributed by atoms with E-state index in [9.17, 15) is 0 Å². The Morgan fingerprint density at radius 2 is 1.48 bits per heavy atom. The third-order valence-electron chi connectivity index (χ3n) is 4.20. The molecule has 0 N–H and O–H groups in total. The van der Waals surface area contributed by atoms with Gasteiger partial charge < -0.3 is 4.57 Å². The zero-order valence-electron chi connectivity index (χ0n) is 13.3. The van der Waals surface area contributed by atoms with Crippen molar-refractivity contribution in [3.8, 4) is 5.69 Å². The van der Waals surface area contributed by atoms with Crippen LogP contribution in [0.25, 0.3) is 16.6 Å². The number of hydrogen-bond acceptors (Lipinski definition) is 0. The fraction of sp³-hybridized carbons (Fsp3) is 0.300. The van der Waals surface area contributed by atoms with E-state index in [1.165, 1.54) is 27.7 Å². The molecular formula is C20H23N. The molecule has 0 bridgehead atoms. The van der Waals surface area contributed by atoms with Gasteiger partial charge in [-0.15, -0.1) is 0 Å². The molecule has 21 heavy (non-hydrogen) atoms. The molecule has 1 aromatic heterocycles. The quantitative estimate of drug-likeness (QED) is 0.563. The van der Waals surface area contributed by atoms with Crippen molar-refractivity contribution < 1.29 is 0 Å². The second kappa shape index (κ2) is 5.40. The molecule has 0 atom stereocenters. The number of fused-ring (bicyclic) bond motifs is 1. The maximum Gasteiger partial charge on any atom is 0.0531 e. The average Bonchev–Trinajstić information content (AvgIpc) is 2.90. The SMILES string of the molecule is CC(C)c1cccc(-n2ccc3ccc(C(C)C)cc32)c1. The number of nitrogens with zero attached hydrogens (tertiary/aromatic N) is 1. The van der Waals surface area contributed by atoms with Crippen molar-refractivity contribution in [3.05, 3.63) is 65.9 Å². The van der Waals surface area contributed by atoms with Crippen LogP contribution in [-0.4, -0.2) is 4.57 Å². The highest BCUT2D eigenvalue weighted by molar-refractivity contribution is 5.82. The van der Waals surface area contributed by atoms with Crippen molar-refractivity contribution in [2.75, 3.05) is 0 Å². The van der Waals surface area contributed by atoms with Crippen molar-refractivity contribution in [1.29, 1.82) is 0 Å². The highest BCUT2D eigenvalue weighted by Gasteiger charge is 2.07. The molecule has 3 rings (SSSR count). The number of benzene rings is 2. The maximum absolute atomic E-state index is 2.32. The molecule has 0 radical (unpaired) electrons. The van der Waals surface area contributed by atoms with Gasteiger partial charge in [-0.3, -0.25) is 0 Å². The first-order valence-electron chi connectivity index (χ1n) is 7.77. The highest BCUT2D eigenvalue weighted by atomic mass is 15.0. The topological polar surface area (TPSA) is 4.93 Å². The van der Waals surface area contributed by atoms with Crippen molar-refractivity contribution in [2.45, 2.75) is 39.5 Å². The molecule has 0 saturated carbocycles. The van der Waals surface area contributed by atoms with Crippen molar-refractivity contribution >= 4 is 10.9 Å². The summed E-state index contributed by atoms with van der Waals surface area (Å²) in [6.07, 6.45) is 2.17. The van der Waals surface area contributed by atoms with Crippen LogP contribution in [-0.2, 0) is 0 Å². The smallest absolute Gasteiger partial charge is 0.0531 e. The minimum atomic E-state index is 0.554. The molecule has 0 aliphatic rings. The fourth-order valence-electron chi connectivity index (χ4n) is 2.76. The van der Waals surface area contributed by atoms with Gasteiger partial charge in [-0.1, -0.05) is 52.0 Å². The normalized spacial score (nSPS) is 11.7. The Morgan fingerprint density at radius 1 is 0.762 bits per heavy atom. The van der Waals surface area contributed by atoms with E-state index in [2.05, 4.69) is 87.0 Å². The average molecular weight is 277 g/mol. The second-order valence-corrected chi connectivity index (χ2v) is 6.41. The summed E-state index contributed by atoms with van der Waals surface area (Å²) >= 11 is 0. The lowest BCUT2D eigenvalue weighted by Gasteiger charge is -2.11. The third kappa shape index (κ3) is 2.61. The summed E-state index contributed by atoms with van der Waals surface area (Å²) < 4.78 is 2.30. The molecule has 0 amide bonds. The first-order chi connectivity index (χ1) is 10.1. The van der Waals surface area contributed by atoms with Gasteiger partial charge in [0.15, 0.2) is 0 Å². The highest BCUT2D eigenvalue weighted by Crippen LogP contribution is 2.26. The molecule has 0 aliphatic heterocycles. The van der Waals surface area contributed by atoms with Gasteiger partial charge in [-0.2, -0.15) is 0 Å². The fourth-order valence-corrected chi connectivity index (χ4v) is 2.76. The lowest BCUT2D eigenvalue weighted by atomic mass is 10.0. The van der Waals surface area contributed by atoms with Gasteiger partial charge in [0.05, 0.1) is 5.52 Å². The molecular weight excluding hydrogens is 254 g/mol. The Kier molecular flexibility index (Phi) is 3.59. The standard InChI is InChI=1S/C20H23N/c1-14(2)17-6-5-7-19(12-17)21-11-10-16-8-9-18(15(3)4)13-20(16)21/h5-15H,1-4H3. The molecule has 1 heteroatoms. The van der Waals surface area contributed by atoms with Gasteiger partial charge in [0.1, 0.15) is 0 Å². The summed E-state index contributed by atoms with van der Waals surface area (Å²) in [6, 6.07) is 17.8. The van der Waals surface area contributed by atoms with E-state index in [1.807, 2.05) is 0 Å². The zero-order valence-corrected chi connectivity index (χ0v) is 13.3. The van der Waals surface area contributed by atoms with Gasteiger partial charge in [0.2, 0.25) is 0 Å². The van der Waals surface area contributed by atoms with Crippen molar-refractivity contribution in [2.24, 2.45) is 0 Å². The van der Waals surface area contributed by atoms with Crippen molar-refractivity contribution in [1.82, 2.24) is 4.57 Å². The number of hydrogen-bond donors (Lipinski definition) is 0.